The van der Waals surface area contributed by atoms with Crippen LogP contribution in [-0.2, 0) is 4.74 Å². The standard InChI is InChI=1S/C10H21O/c1-4-7-9-10(8-5-2)11-6-3/h10H,2,4-9H2,1,3H3. The van der Waals surface area contributed by atoms with Crippen LogP contribution in [0.3, 0.4) is 0 Å². The molecule has 0 bridgehead atoms. The van der Waals surface area contributed by atoms with Crippen LogP contribution in [0.4, 0.5) is 0 Å². The van der Waals surface area contributed by atoms with Gasteiger partial charge in [-0.25, -0.2) is 0 Å². The average Bonchev–Trinajstić information content (AvgIpc) is 2.01. The maximum absolute atomic E-state index is 5.54. The average molecular weight is 157 g/mol. The van der Waals surface area contributed by atoms with E-state index < -0.39 is 0 Å². The second kappa shape index (κ2) is 8.06. The molecule has 0 aromatic heterocycles. The van der Waals surface area contributed by atoms with Crippen LogP contribution in [0.25, 0.3) is 0 Å². The first-order valence-electron chi connectivity index (χ1n) is 4.76. The Labute approximate surface area is 71.1 Å². The van der Waals surface area contributed by atoms with Crippen molar-refractivity contribution in [2.24, 2.45) is 0 Å². The largest absolute Gasteiger partial charge is 0.379 e. The van der Waals surface area contributed by atoms with Gasteiger partial charge < -0.3 is 4.74 Å². The van der Waals surface area contributed by atoms with E-state index >= 15 is 0 Å². The predicted octanol–water partition coefficient (Wildman–Crippen LogP) is 3.20. The Balaban J connectivity index is 3.34. The summed E-state index contributed by atoms with van der Waals surface area (Å²) in [6.07, 6.45) is 6.34. The quantitative estimate of drug-likeness (QED) is 0.551. The van der Waals surface area contributed by atoms with Crippen LogP contribution in [0.1, 0.15) is 46.0 Å². The molecule has 0 saturated heterocycles. The van der Waals surface area contributed by atoms with E-state index in [2.05, 4.69) is 20.8 Å². The van der Waals surface area contributed by atoms with E-state index in [1.54, 1.807) is 0 Å². The summed E-state index contributed by atoms with van der Waals surface area (Å²) in [6, 6.07) is 0. The van der Waals surface area contributed by atoms with Gasteiger partial charge in [-0.1, -0.05) is 33.1 Å². The molecular weight excluding hydrogens is 136 g/mol. The fraction of sp³-hybridized carbons (Fsp3) is 0.900. The van der Waals surface area contributed by atoms with Gasteiger partial charge in [0.2, 0.25) is 0 Å². The Hall–Kier alpha value is -0.0400. The molecule has 1 radical (unpaired) electrons. The van der Waals surface area contributed by atoms with Crippen LogP contribution in [-0.4, -0.2) is 12.7 Å². The molecule has 1 unspecified atom stereocenters. The van der Waals surface area contributed by atoms with Gasteiger partial charge in [0.1, 0.15) is 0 Å². The van der Waals surface area contributed by atoms with E-state index in [9.17, 15) is 0 Å². The van der Waals surface area contributed by atoms with Crippen LogP contribution in [0.15, 0.2) is 0 Å². The monoisotopic (exact) mass is 157 g/mol. The first kappa shape index (κ1) is 11.0. The highest BCUT2D eigenvalue weighted by molar-refractivity contribution is 4.58. The molecule has 0 N–H and O–H groups in total. The predicted molar refractivity (Wildman–Crippen MR) is 49.5 cm³/mol. The molecule has 0 spiro atoms. The Morgan fingerprint density at radius 2 is 2.00 bits per heavy atom. The second-order valence-corrected chi connectivity index (χ2v) is 2.86. The van der Waals surface area contributed by atoms with E-state index in [4.69, 9.17) is 4.74 Å². The molecule has 0 aliphatic rings. The lowest BCUT2D eigenvalue weighted by Crippen LogP contribution is -2.12. The van der Waals surface area contributed by atoms with Crippen molar-refractivity contribution in [3.8, 4) is 0 Å². The van der Waals surface area contributed by atoms with Crippen molar-refractivity contribution >= 4 is 0 Å². The van der Waals surface area contributed by atoms with Gasteiger partial charge in [0, 0.05) is 6.61 Å². The fourth-order valence-corrected chi connectivity index (χ4v) is 1.21. The Morgan fingerprint density at radius 3 is 2.45 bits per heavy atom. The number of unbranched alkanes of at least 4 members (excludes halogenated alkanes) is 1. The molecule has 0 rings (SSSR count). The Kier molecular flexibility index (Phi) is 8.03. The van der Waals surface area contributed by atoms with Crippen LogP contribution < -0.4 is 0 Å². The molecule has 67 valence electrons. The molecule has 1 atom stereocenters. The van der Waals surface area contributed by atoms with E-state index in [0.29, 0.717) is 6.10 Å². The van der Waals surface area contributed by atoms with Crippen molar-refractivity contribution in [3.63, 3.8) is 0 Å². The first-order chi connectivity index (χ1) is 5.35. The molecule has 0 fully saturated rings. The molecule has 1 heteroatoms. The SMILES string of the molecule is [CH2]CCC(CCCC)OCC. The highest BCUT2D eigenvalue weighted by atomic mass is 16.5. The van der Waals surface area contributed by atoms with Crippen molar-refractivity contribution in [3.05, 3.63) is 6.92 Å². The van der Waals surface area contributed by atoms with E-state index in [1.807, 2.05) is 0 Å². The van der Waals surface area contributed by atoms with Crippen molar-refractivity contribution in [1.82, 2.24) is 0 Å². The maximum Gasteiger partial charge on any atom is 0.0575 e. The zero-order valence-electron chi connectivity index (χ0n) is 7.94. The molecule has 11 heavy (non-hydrogen) atoms. The summed E-state index contributed by atoms with van der Waals surface area (Å²) in [5.41, 5.74) is 0. The highest BCUT2D eigenvalue weighted by Crippen LogP contribution is 2.10. The summed E-state index contributed by atoms with van der Waals surface area (Å²) >= 11 is 0. The molecule has 1 nitrogen and oxygen atoms in total. The van der Waals surface area contributed by atoms with Crippen LogP contribution >= 0.6 is 0 Å². The van der Waals surface area contributed by atoms with Crippen LogP contribution in [0.5, 0.6) is 0 Å². The van der Waals surface area contributed by atoms with Gasteiger partial charge in [0.05, 0.1) is 6.10 Å². The lowest BCUT2D eigenvalue weighted by molar-refractivity contribution is 0.0498. The van der Waals surface area contributed by atoms with Gasteiger partial charge >= 0.3 is 0 Å². The lowest BCUT2D eigenvalue weighted by atomic mass is 10.1. The molecule has 0 aliphatic carbocycles. The molecule has 0 aromatic rings. The second-order valence-electron chi connectivity index (χ2n) is 2.86. The van der Waals surface area contributed by atoms with Gasteiger partial charge in [0.15, 0.2) is 0 Å². The van der Waals surface area contributed by atoms with E-state index in [0.717, 1.165) is 19.4 Å². The van der Waals surface area contributed by atoms with Crippen LogP contribution in [0.2, 0.25) is 0 Å². The van der Waals surface area contributed by atoms with Crippen LogP contribution in [0, 0.1) is 6.92 Å². The molecule has 0 amide bonds. The molecule has 0 aromatic carbocycles. The Bertz CT molecular complexity index is 65.3. The normalized spacial score (nSPS) is 13.4. The number of rotatable bonds is 7. The number of ether oxygens (including phenoxy) is 1. The van der Waals surface area contributed by atoms with Gasteiger partial charge in [-0.3, -0.25) is 0 Å². The topological polar surface area (TPSA) is 9.23 Å². The van der Waals surface area contributed by atoms with Crippen molar-refractivity contribution in [2.75, 3.05) is 6.61 Å². The molecular formula is C10H21O. The third-order valence-corrected chi connectivity index (χ3v) is 1.81. The highest BCUT2D eigenvalue weighted by Gasteiger charge is 2.04. The van der Waals surface area contributed by atoms with E-state index in [1.165, 1.54) is 19.3 Å². The molecule has 0 heterocycles. The zero-order valence-corrected chi connectivity index (χ0v) is 7.94. The smallest absolute Gasteiger partial charge is 0.0575 e. The van der Waals surface area contributed by atoms with Crippen molar-refractivity contribution in [2.45, 2.75) is 52.1 Å². The van der Waals surface area contributed by atoms with Gasteiger partial charge in [-0.15, -0.1) is 0 Å². The maximum atomic E-state index is 5.54. The third kappa shape index (κ3) is 6.36. The number of hydrogen-bond donors (Lipinski definition) is 0. The molecule has 0 aliphatic heterocycles. The van der Waals surface area contributed by atoms with Crippen molar-refractivity contribution in [1.29, 1.82) is 0 Å². The minimum atomic E-state index is 0.470. The minimum absolute atomic E-state index is 0.470. The summed E-state index contributed by atoms with van der Waals surface area (Å²) in [4.78, 5) is 0. The van der Waals surface area contributed by atoms with E-state index in [-0.39, 0.29) is 0 Å². The summed E-state index contributed by atoms with van der Waals surface area (Å²) < 4.78 is 5.54. The van der Waals surface area contributed by atoms with Gasteiger partial charge in [-0.2, -0.15) is 0 Å². The van der Waals surface area contributed by atoms with Gasteiger partial charge in [-0.05, 0) is 19.8 Å². The minimum Gasteiger partial charge on any atom is -0.379 e. The zero-order chi connectivity index (χ0) is 8.53. The fourth-order valence-electron chi connectivity index (χ4n) is 1.21. The number of hydrogen-bond acceptors (Lipinski definition) is 1. The van der Waals surface area contributed by atoms with Gasteiger partial charge in [0.25, 0.3) is 0 Å². The summed E-state index contributed by atoms with van der Waals surface area (Å²) in [5.74, 6) is 0. The summed E-state index contributed by atoms with van der Waals surface area (Å²) in [5, 5.41) is 0. The Morgan fingerprint density at radius 1 is 1.27 bits per heavy atom. The third-order valence-electron chi connectivity index (χ3n) is 1.81. The van der Waals surface area contributed by atoms with Crippen molar-refractivity contribution < 1.29 is 4.74 Å². The molecule has 0 saturated carbocycles. The first-order valence-corrected chi connectivity index (χ1v) is 4.76. The lowest BCUT2D eigenvalue weighted by Gasteiger charge is -2.15. The summed E-state index contributed by atoms with van der Waals surface area (Å²) in [7, 11) is 0. The summed E-state index contributed by atoms with van der Waals surface area (Å²) in [6.45, 7) is 8.95.